The minimum atomic E-state index is -0.166. The number of para-hydroxylation sites is 1. The van der Waals surface area contributed by atoms with Crippen molar-refractivity contribution in [2.45, 2.75) is 13.8 Å². The van der Waals surface area contributed by atoms with Crippen LogP contribution in [-0.4, -0.2) is 19.1 Å². The Bertz CT molecular complexity index is 680. The number of hydrogen-bond acceptors (Lipinski definition) is 3. The minimum absolute atomic E-state index is 0.0501. The maximum absolute atomic E-state index is 12.3. The molecule has 0 aromatic heterocycles. The first kappa shape index (κ1) is 14.4. The fraction of sp³-hybridized carbons (Fsp3) is 0.278. The molecule has 1 aliphatic heterocycles. The molecule has 2 aromatic rings. The van der Waals surface area contributed by atoms with Crippen molar-refractivity contribution in [3.8, 4) is 11.5 Å². The van der Waals surface area contributed by atoms with Crippen molar-refractivity contribution >= 4 is 11.6 Å². The van der Waals surface area contributed by atoms with Crippen LogP contribution in [0.2, 0.25) is 0 Å². The first-order valence-corrected chi connectivity index (χ1v) is 7.30. The Kier molecular flexibility index (Phi) is 3.75. The van der Waals surface area contributed by atoms with E-state index in [9.17, 15) is 4.79 Å². The topological polar surface area (TPSA) is 47.6 Å². The molecule has 0 radical (unpaired) electrons. The van der Waals surface area contributed by atoms with Crippen LogP contribution in [0.25, 0.3) is 0 Å². The number of fused-ring (bicyclic) bond motifs is 1. The van der Waals surface area contributed by atoms with E-state index in [-0.39, 0.29) is 11.3 Å². The summed E-state index contributed by atoms with van der Waals surface area (Å²) in [6.07, 6.45) is 0. The Morgan fingerprint density at radius 1 is 1.00 bits per heavy atom. The Morgan fingerprint density at radius 2 is 1.68 bits per heavy atom. The van der Waals surface area contributed by atoms with Gasteiger partial charge in [-0.1, -0.05) is 32.0 Å². The van der Waals surface area contributed by atoms with Gasteiger partial charge in [-0.3, -0.25) is 4.79 Å². The SMILES string of the molecule is CC1(C)COc2ccc(C(=O)Nc3ccccc3)cc2OC1. The van der Waals surface area contributed by atoms with E-state index >= 15 is 0 Å². The number of hydrogen-bond donors (Lipinski definition) is 1. The number of anilines is 1. The molecule has 0 unspecified atom stereocenters. The monoisotopic (exact) mass is 297 g/mol. The lowest BCUT2D eigenvalue weighted by molar-refractivity contribution is 0.102. The van der Waals surface area contributed by atoms with Gasteiger partial charge in [0.15, 0.2) is 11.5 Å². The molecule has 2 aromatic carbocycles. The molecule has 1 heterocycles. The third-order valence-electron chi connectivity index (χ3n) is 3.47. The van der Waals surface area contributed by atoms with E-state index < -0.39 is 0 Å². The highest BCUT2D eigenvalue weighted by Gasteiger charge is 2.25. The van der Waals surface area contributed by atoms with Gasteiger partial charge in [-0.15, -0.1) is 0 Å². The lowest BCUT2D eigenvalue weighted by Gasteiger charge is -2.19. The van der Waals surface area contributed by atoms with Crippen molar-refractivity contribution in [1.29, 1.82) is 0 Å². The highest BCUT2D eigenvalue weighted by Crippen LogP contribution is 2.34. The molecule has 22 heavy (non-hydrogen) atoms. The van der Waals surface area contributed by atoms with Crippen molar-refractivity contribution in [2.75, 3.05) is 18.5 Å². The molecule has 0 fully saturated rings. The van der Waals surface area contributed by atoms with Crippen molar-refractivity contribution in [3.05, 3.63) is 54.1 Å². The summed E-state index contributed by atoms with van der Waals surface area (Å²) in [5.41, 5.74) is 1.26. The van der Waals surface area contributed by atoms with E-state index in [1.165, 1.54) is 0 Å². The number of carbonyl (C=O) groups excluding carboxylic acids is 1. The molecule has 1 aliphatic rings. The molecule has 114 valence electrons. The van der Waals surface area contributed by atoms with Crippen LogP contribution < -0.4 is 14.8 Å². The fourth-order valence-electron chi connectivity index (χ4n) is 2.19. The Hall–Kier alpha value is -2.49. The fourth-order valence-corrected chi connectivity index (χ4v) is 2.19. The molecule has 0 saturated carbocycles. The number of rotatable bonds is 2. The molecule has 4 nitrogen and oxygen atoms in total. The molecule has 3 rings (SSSR count). The number of amides is 1. The molecular formula is C18H19NO3. The first-order valence-electron chi connectivity index (χ1n) is 7.30. The van der Waals surface area contributed by atoms with Gasteiger partial charge in [0.25, 0.3) is 5.91 Å². The molecule has 0 atom stereocenters. The van der Waals surface area contributed by atoms with Gasteiger partial charge in [0.05, 0.1) is 13.2 Å². The minimum Gasteiger partial charge on any atom is -0.489 e. The highest BCUT2D eigenvalue weighted by atomic mass is 16.5. The van der Waals surface area contributed by atoms with Crippen LogP contribution in [0.5, 0.6) is 11.5 Å². The van der Waals surface area contributed by atoms with Gasteiger partial charge in [0.2, 0.25) is 0 Å². The largest absolute Gasteiger partial charge is 0.489 e. The van der Waals surface area contributed by atoms with Crippen LogP contribution in [0.15, 0.2) is 48.5 Å². The summed E-state index contributed by atoms with van der Waals surface area (Å²) >= 11 is 0. The second kappa shape index (κ2) is 5.72. The normalized spacial score (nSPS) is 15.7. The summed E-state index contributed by atoms with van der Waals surface area (Å²) in [4.78, 5) is 12.3. The van der Waals surface area contributed by atoms with Crippen molar-refractivity contribution in [2.24, 2.45) is 5.41 Å². The standard InChI is InChI=1S/C18H19NO3/c1-18(2)11-21-15-9-8-13(10-16(15)22-12-18)17(20)19-14-6-4-3-5-7-14/h3-10H,11-12H2,1-2H3,(H,19,20). The maximum atomic E-state index is 12.3. The predicted molar refractivity (Wildman–Crippen MR) is 85.6 cm³/mol. The van der Waals surface area contributed by atoms with Crippen LogP contribution >= 0.6 is 0 Å². The van der Waals surface area contributed by atoms with Crippen molar-refractivity contribution in [3.63, 3.8) is 0 Å². The Labute approximate surface area is 130 Å². The average Bonchev–Trinajstić information content (AvgIpc) is 2.67. The van der Waals surface area contributed by atoms with Crippen LogP contribution in [0.1, 0.15) is 24.2 Å². The molecule has 0 bridgehead atoms. The Morgan fingerprint density at radius 3 is 2.41 bits per heavy atom. The van der Waals surface area contributed by atoms with Gasteiger partial charge in [0.1, 0.15) is 0 Å². The number of nitrogens with one attached hydrogen (secondary N) is 1. The summed E-state index contributed by atoms with van der Waals surface area (Å²) < 4.78 is 11.6. The van der Waals surface area contributed by atoms with E-state index in [1.807, 2.05) is 30.3 Å². The second-order valence-electron chi connectivity index (χ2n) is 6.22. The lowest BCUT2D eigenvalue weighted by atomic mass is 9.97. The second-order valence-corrected chi connectivity index (χ2v) is 6.22. The first-order chi connectivity index (χ1) is 10.5. The molecule has 1 amide bonds. The third kappa shape index (κ3) is 3.22. The quantitative estimate of drug-likeness (QED) is 0.918. The zero-order valence-electron chi connectivity index (χ0n) is 12.8. The zero-order valence-corrected chi connectivity index (χ0v) is 12.8. The van der Waals surface area contributed by atoms with Gasteiger partial charge in [-0.05, 0) is 30.3 Å². The number of benzene rings is 2. The smallest absolute Gasteiger partial charge is 0.255 e. The lowest BCUT2D eigenvalue weighted by Crippen LogP contribution is -2.26. The zero-order chi connectivity index (χ0) is 15.6. The number of carbonyl (C=O) groups is 1. The van der Waals surface area contributed by atoms with Crippen molar-refractivity contribution < 1.29 is 14.3 Å². The number of ether oxygens (including phenoxy) is 2. The van der Waals surface area contributed by atoms with Crippen LogP contribution in [0.3, 0.4) is 0 Å². The summed E-state index contributed by atoms with van der Waals surface area (Å²) in [6.45, 7) is 5.32. The summed E-state index contributed by atoms with van der Waals surface area (Å²) in [6, 6.07) is 14.6. The van der Waals surface area contributed by atoms with Gasteiger partial charge >= 0.3 is 0 Å². The van der Waals surface area contributed by atoms with E-state index in [1.54, 1.807) is 18.2 Å². The van der Waals surface area contributed by atoms with Crippen LogP contribution in [0, 0.1) is 5.41 Å². The van der Waals surface area contributed by atoms with E-state index in [0.29, 0.717) is 30.3 Å². The summed E-state index contributed by atoms with van der Waals surface area (Å²) in [5, 5.41) is 2.86. The molecule has 0 aliphatic carbocycles. The van der Waals surface area contributed by atoms with E-state index in [2.05, 4.69) is 19.2 Å². The summed E-state index contributed by atoms with van der Waals surface area (Å²) in [5.74, 6) is 1.13. The van der Waals surface area contributed by atoms with Gasteiger partial charge in [0, 0.05) is 16.7 Å². The third-order valence-corrected chi connectivity index (χ3v) is 3.47. The molecule has 1 N–H and O–H groups in total. The predicted octanol–water partition coefficient (Wildman–Crippen LogP) is 3.74. The summed E-state index contributed by atoms with van der Waals surface area (Å²) in [7, 11) is 0. The van der Waals surface area contributed by atoms with E-state index in [4.69, 9.17) is 9.47 Å². The highest BCUT2D eigenvalue weighted by molar-refractivity contribution is 6.04. The molecule has 0 spiro atoms. The Balaban J connectivity index is 1.79. The average molecular weight is 297 g/mol. The molecular weight excluding hydrogens is 278 g/mol. The van der Waals surface area contributed by atoms with Gasteiger partial charge in [-0.2, -0.15) is 0 Å². The van der Waals surface area contributed by atoms with Gasteiger partial charge in [-0.25, -0.2) is 0 Å². The maximum Gasteiger partial charge on any atom is 0.255 e. The van der Waals surface area contributed by atoms with Crippen molar-refractivity contribution in [1.82, 2.24) is 0 Å². The van der Waals surface area contributed by atoms with E-state index in [0.717, 1.165) is 5.69 Å². The van der Waals surface area contributed by atoms with Gasteiger partial charge < -0.3 is 14.8 Å². The van der Waals surface area contributed by atoms with Crippen LogP contribution in [0.4, 0.5) is 5.69 Å². The molecule has 0 saturated heterocycles. The molecule has 4 heteroatoms. The van der Waals surface area contributed by atoms with Crippen LogP contribution in [-0.2, 0) is 0 Å².